The van der Waals surface area contributed by atoms with Gasteiger partial charge in [0, 0.05) is 37.1 Å². The summed E-state index contributed by atoms with van der Waals surface area (Å²) in [7, 11) is 0. The standard InChI is InChI=1S/C21H38N.C17H30N.2ClH/c1-2-3-4-5-6-7-8-9-10-11-12-13-14-16-19-22-20-17-15-18-21-22;1-2-3-4-5-6-7-8-9-10-12-15-18-16-13-11-14-17-18;;/h15,17-18,20-21H,2-14,16,19H2,1H3;11,13-14,16-17H,2-10,12,15H2,1H3;2*1H/q2*+1;;/p-2. The van der Waals surface area contributed by atoms with Gasteiger partial charge in [0.15, 0.2) is 24.8 Å². The van der Waals surface area contributed by atoms with Crippen LogP contribution < -0.4 is 33.9 Å². The third kappa shape index (κ3) is 30.3. The molecule has 0 amide bonds. The average molecular weight is 624 g/mol. The van der Waals surface area contributed by atoms with E-state index in [4.69, 9.17) is 0 Å². The maximum Gasteiger partial charge on any atom is 0.168 e. The van der Waals surface area contributed by atoms with Crippen molar-refractivity contribution in [2.24, 2.45) is 0 Å². The second-order valence-corrected chi connectivity index (χ2v) is 12.0. The first kappa shape index (κ1) is 43.0. The van der Waals surface area contributed by atoms with E-state index in [0.29, 0.717) is 0 Å². The Kier molecular flexibility index (Phi) is 36.9. The summed E-state index contributed by atoms with van der Waals surface area (Å²) in [6, 6.07) is 12.6. The minimum absolute atomic E-state index is 0. The van der Waals surface area contributed by atoms with Gasteiger partial charge in [-0.2, -0.15) is 0 Å². The predicted octanol–water partition coefficient (Wildman–Crippen LogP) is 5.36. The maximum atomic E-state index is 2.29. The number of pyridine rings is 2. The van der Waals surface area contributed by atoms with Crippen molar-refractivity contribution < 1.29 is 33.9 Å². The number of hydrogen-bond donors (Lipinski definition) is 0. The Morgan fingerprint density at radius 2 is 0.500 bits per heavy atom. The minimum atomic E-state index is 0. The minimum Gasteiger partial charge on any atom is -1.00 e. The number of aryl methyl sites for hydroxylation is 2. The molecule has 4 heteroatoms. The quantitative estimate of drug-likeness (QED) is 0.0986. The van der Waals surface area contributed by atoms with Gasteiger partial charge in [-0.3, -0.25) is 0 Å². The van der Waals surface area contributed by atoms with Gasteiger partial charge in [-0.25, -0.2) is 9.13 Å². The van der Waals surface area contributed by atoms with Crippen LogP contribution in [0.25, 0.3) is 0 Å². The highest BCUT2D eigenvalue weighted by Crippen LogP contribution is 2.13. The predicted molar refractivity (Wildman–Crippen MR) is 175 cm³/mol. The van der Waals surface area contributed by atoms with Gasteiger partial charge in [0.05, 0.1) is 0 Å². The highest BCUT2D eigenvalue weighted by atomic mass is 35.5. The molecular weight excluding hydrogens is 555 g/mol. The zero-order chi connectivity index (χ0) is 28.6. The van der Waals surface area contributed by atoms with E-state index in [-0.39, 0.29) is 24.8 Å². The van der Waals surface area contributed by atoms with E-state index in [1.165, 1.54) is 167 Å². The third-order valence-corrected chi connectivity index (χ3v) is 8.09. The normalized spacial score (nSPS) is 10.3. The molecule has 0 N–H and O–H groups in total. The zero-order valence-electron chi connectivity index (χ0n) is 27.8. The Balaban J connectivity index is 0. The van der Waals surface area contributed by atoms with Crippen LogP contribution in [-0.2, 0) is 13.1 Å². The van der Waals surface area contributed by atoms with Gasteiger partial charge in [0.1, 0.15) is 13.1 Å². The number of rotatable bonds is 26. The Bertz CT molecular complexity index is 726. The molecule has 0 aliphatic heterocycles. The van der Waals surface area contributed by atoms with Crippen molar-refractivity contribution in [3.8, 4) is 0 Å². The third-order valence-electron chi connectivity index (χ3n) is 8.09. The van der Waals surface area contributed by atoms with E-state index in [1.54, 1.807) is 0 Å². The molecule has 0 atom stereocenters. The number of aromatic nitrogens is 2. The summed E-state index contributed by atoms with van der Waals surface area (Å²) in [6.45, 7) is 6.93. The van der Waals surface area contributed by atoms with E-state index in [9.17, 15) is 0 Å². The molecule has 0 aliphatic rings. The lowest BCUT2D eigenvalue weighted by molar-refractivity contribution is -0.697. The van der Waals surface area contributed by atoms with Crippen LogP contribution in [0.3, 0.4) is 0 Å². The number of halogens is 2. The molecule has 0 radical (unpaired) electrons. The Hall–Kier alpha value is -1.12. The molecule has 244 valence electrons. The summed E-state index contributed by atoms with van der Waals surface area (Å²) in [5, 5.41) is 0. The fourth-order valence-corrected chi connectivity index (χ4v) is 5.44. The second-order valence-electron chi connectivity index (χ2n) is 12.0. The molecular formula is C38H68Cl2N2. The van der Waals surface area contributed by atoms with Crippen LogP contribution in [0.15, 0.2) is 61.2 Å². The van der Waals surface area contributed by atoms with Gasteiger partial charge < -0.3 is 24.8 Å². The smallest absolute Gasteiger partial charge is 0.168 e. The molecule has 0 saturated heterocycles. The molecule has 2 heterocycles. The molecule has 2 aromatic rings. The number of unbranched alkanes of at least 4 members (excludes halogenated alkanes) is 22. The lowest BCUT2D eigenvalue weighted by atomic mass is 10.0. The SMILES string of the molecule is CCCCCCCCCCCCCCCC[n+]1ccccc1.CCCCCCCCCCCC[n+]1ccccc1.[Cl-].[Cl-]. The van der Waals surface area contributed by atoms with Crippen LogP contribution in [0, 0.1) is 0 Å². The molecule has 0 aliphatic carbocycles. The fourth-order valence-electron chi connectivity index (χ4n) is 5.44. The summed E-state index contributed by atoms with van der Waals surface area (Å²) in [5.41, 5.74) is 0. The summed E-state index contributed by atoms with van der Waals surface area (Å²) < 4.78 is 4.57. The molecule has 0 bridgehead atoms. The van der Waals surface area contributed by atoms with Crippen molar-refractivity contribution >= 4 is 0 Å². The first-order valence-corrected chi connectivity index (χ1v) is 17.7. The molecule has 0 saturated carbocycles. The maximum absolute atomic E-state index is 2.29. The largest absolute Gasteiger partial charge is 1.00 e. The summed E-state index contributed by atoms with van der Waals surface area (Å²) in [6.07, 6.45) is 42.9. The summed E-state index contributed by atoms with van der Waals surface area (Å²) in [5.74, 6) is 0. The molecule has 0 aromatic carbocycles. The van der Waals surface area contributed by atoms with Crippen LogP contribution in [0.4, 0.5) is 0 Å². The monoisotopic (exact) mass is 622 g/mol. The first-order chi connectivity index (χ1) is 19.9. The lowest BCUT2D eigenvalue weighted by Gasteiger charge is -2.02. The van der Waals surface area contributed by atoms with Gasteiger partial charge in [-0.15, -0.1) is 0 Å². The van der Waals surface area contributed by atoms with Crippen molar-refractivity contribution in [1.82, 2.24) is 0 Å². The highest BCUT2D eigenvalue weighted by Gasteiger charge is 1.99. The first-order valence-electron chi connectivity index (χ1n) is 17.7. The number of hydrogen-bond acceptors (Lipinski definition) is 0. The highest BCUT2D eigenvalue weighted by molar-refractivity contribution is 4.84. The van der Waals surface area contributed by atoms with E-state index in [0.717, 1.165) is 0 Å². The van der Waals surface area contributed by atoms with Crippen molar-refractivity contribution in [3.05, 3.63) is 61.2 Å². The second kappa shape index (κ2) is 36.1. The Labute approximate surface area is 275 Å². The van der Waals surface area contributed by atoms with Crippen molar-refractivity contribution in [2.45, 2.75) is 181 Å². The molecule has 0 fully saturated rings. The van der Waals surface area contributed by atoms with E-state index in [1.807, 2.05) is 0 Å². The van der Waals surface area contributed by atoms with E-state index >= 15 is 0 Å². The van der Waals surface area contributed by atoms with Crippen LogP contribution >= 0.6 is 0 Å². The van der Waals surface area contributed by atoms with E-state index < -0.39 is 0 Å². The van der Waals surface area contributed by atoms with E-state index in [2.05, 4.69) is 84.2 Å². The lowest BCUT2D eigenvalue weighted by Crippen LogP contribution is -3.00. The molecule has 0 spiro atoms. The van der Waals surface area contributed by atoms with Crippen LogP contribution in [0.2, 0.25) is 0 Å². The van der Waals surface area contributed by atoms with Crippen molar-refractivity contribution in [1.29, 1.82) is 0 Å². The van der Waals surface area contributed by atoms with Crippen molar-refractivity contribution in [3.63, 3.8) is 0 Å². The van der Waals surface area contributed by atoms with Crippen LogP contribution in [-0.4, -0.2) is 0 Å². The number of nitrogens with zero attached hydrogens (tertiary/aromatic N) is 2. The average Bonchev–Trinajstić information content (AvgIpc) is 3.00. The molecule has 0 unspecified atom stereocenters. The molecule has 2 rings (SSSR count). The zero-order valence-corrected chi connectivity index (χ0v) is 29.3. The van der Waals surface area contributed by atoms with Gasteiger partial charge >= 0.3 is 0 Å². The Morgan fingerprint density at radius 3 is 0.738 bits per heavy atom. The van der Waals surface area contributed by atoms with Gasteiger partial charge in [0.25, 0.3) is 0 Å². The Morgan fingerprint density at radius 1 is 0.286 bits per heavy atom. The molecule has 2 nitrogen and oxygen atoms in total. The summed E-state index contributed by atoms with van der Waals surface area (Å²) >= 11 is 0. The fraction of sp³-hybridized carbons (Fsp3) is 0.737. The van der Waals surface area contributed by atoms with Crippen molar-refractivity contribution in [2.75, 3.05) is 0 Å². The van der Waals surface area contributed by atoms with Gasteiger partial charge in [-0.05, 0) is 12.8 Å². The molecule has 2 aromatic heterocycles. The molecule has 42 heavy (non-hydrogen) atoms. The van der Waals surface area contributed by atoms with Crippen LogP contribution in [0.5, 0.6) is 0 Å². The van der Waals surface area contributed by atoms with Gasteiger partial charge in [-0.1, -0.05) is 154 Å². The summed E-state index contributed by atoms with van der Waals surface area (Å²) in [4.78, 5) is 0. The van der Waals surface area contributed by atoms with Crippen LogP contribution in [0.1, 0.15) is 168 Å². The van der Waals surface area contributed by atoms with Gasteiger partial charge in [0.2, 0.25) is 0 Å². The topological polar surface area (TPSA) is 7.76 Å².